The minimum atomic E-state index is -0.265. The molecule has 3 aliphatic rings. The molecule has 1 aliphatic heterocycles. The van der Waals surface area contributed by atoms with Gasteiger partial charge < -0.3 is 4.74 Å². The summed E-state index contributed by atoms with van der Waals surface area (Å²) in [5.74, 6) is 6.38. The molecule has 1 aromatic carbocycles. The second kappa shape index (κ2) is 7.20. The second-order valence-electron chi connectivity index (χ2n) is 9.91. The largest absolute Gasteiger partial charge is 0.375 e. The highest BCUT2D eigenvalue weighted by Gasteiger charge is 2.44. The van der Waals surface area contributed by atoms with Gasteiger partial charge in [0.1, 0.15) is 0 Å². The summed E-state index contributed by atoms with van der Waals surface area (Å²) in [6, 6.07) is 8.44. The third-order valence-electron chi connectivity index (χ3n) is 7.42. The van der Waals surface area contributed by atoms with Gasteiger partial charge in [-0.25, -0.2) is 10.8 Å². The van der Waals surface area contributed by atoms with Gasteiger partial charge in [-0.1, -0.05) is 43.5 Å². The van der Waals surface area contributed by atoms with E-state index < -0.39 is 0 Å². The van der Waals surface area contributed by atoms with Crippen molar-refractivity contribution < 1.29 is 4.74 Å². The lowest BCUT2D eigenvalue weighted by molar-refractivity contribution is -0.0694. The number of benzene rings is 1. The summed E-state index contributed by atoms with van der Waals surface area (Å²) in [5.41, 5.74) is 6.59. The van der Waals surface area contributed by atoms with Crippen LogP contribution in [0.3, 0.4) is 0 Å². The number of hydrogen-bond donors (Lipinski definition) is 2. The van der Waals surface area contributed by atoms with Crippen molar-refractivity contribution in [2.75, 3.05) is 12.0 Å². The SMILES string of the molecule is CC1(C)C[C@@H](n2c(NN)nc3c(c2=O)C2(CCCCC2)Cc2ccccc2-3)CCO1. The van der Waals surface area contributed by atoms with Gasteiger partial charge in [-0.2, -0.15) is 0 Å². The Labute approximate surface area is 177 Å². The van der Waals surface area contributed by atoms with E-state index in [4.69, 9.17) is 15.6 Å². The number of hydrogen-bond acceptors (Lipinski definition) is 5. The van der Waals surface area contributed by atoms with Gasteiger partial charge >= 0.3 is 0 Å². The highest BCUT2D eigenvalue weighted by molar-refractivity contribution is 5.72. The van der Waals surface area contributed by atoms with Crippen LogP contribution in [0.5, 0.6) is 0 Å². The van der Waals surface area contributed by atoms with Crippen LogP contribution in [0.25, 0.3) is 11.3 Å². The van der Waals surface area contributed by atoms with Crippen molar-refractivity contribution in [3.8, 4) is 11.3 Å². The Hall–Kier alpha value is -2.18. The normalized spacial score (nSPS) is 24.2. The number of nitrogens with two attached hydrogens (primary N) is 1. The van der Waals surface area contributed by atoms with Gasteiger partial charge in [0.2, 0.25) is 5.95 Å². The molecular formula is C24H32N4O2. The quantitative estimate of drug-likeness (QED) is 0.578. The van der Waals surface area contributed by atoms with Crippen LogP contribution in [-0.4, -0.2) is 21.8 Å². The highest BCUT2D eigenvalue weighted by atomic mass is 16.5. The van der Waals surface area contributed by atoms with Crippen LogP contribution < -0.4 is 16.8 Å². The molecule has 2 aliphatic carbocycles. The zero-order chi connectivity index (χ0) is 20.9. The summed E-state index contributed by atoms with van der Waals surface area (Å²) >= 11 is 0. The van der Waals surface area contributed by atoms with Crippen molar-refractivity contribution in [2.45, 2.75) is 82.3 Å². The van der Waals surface area contributed by atoms with E-state index in [2.05, 4.69) is 37.5 Å². The summed E-state index contributed by atoms with van der Waals surface area (Å²) in [6.45, 7) is 4.81. The number of rotatable bonds is 2. The van der Waals surface area contributed by atoms with Crippen LogP contribution in [0.2, 0.25) is 0 Å². The number of ether oxygens (including phenoxy) is 1. The van der Waals surface area contributed by atoms with Crippen LogP contribution >= 0.6 is 0 Å². The Kier molecular flexibility index (Phi) is 4.75. The summed E-state index contributed by atoms with van der Waals surface area (Å²) in [4.78, 5) is 19.2. The van der Waals surface area contributed by atoms with Crippen LogP contribution in [0.4, 0.5) is 5.95 Å². The van der Waals surface area contributed by atoms with Gasteiger partial charge in [0.15, 0.2) is 0 Å². The van der Waals surface area contributed by atoms with Crippen molar-refractivity contribution in [3.05, 3.63) is 45.7 Å². The van der Waals surface area contributed by atoms with Crippen molar-refractivity contribution in [3.63, 3.8) is 0 Å². The predicted octanol–water partition coefficient (Wildman–Crippen LogP) is 4.08. The van der Waals surface area contributed by atoms with E-state index in [0.29, 0.717) is 12.6 Å². The van der Waals surface area contributed by atoms with Crippen molar-refractivity contribution in [1.29, 1.82) is 0 Å². The summed E-state index contributed by atoms with van der Waals surface area (Å²) in [5, 5.41) is 0. The first-order valence-corrected chi connectivity index (χ1v) is 11.3. The first kappa shape index (κ1) is 19.8. The Morgan fingerprint density at radius 2 is 1.97 bits per heavy atom. The summed E-state index contributed by atoms with van der Waals surface area (Å²) < 4.78 is 7.75. The van der Waals surface area contributed by atoms with Crippen molar-refractivity contribution in [2.24, 2.45) is 5.84 Å². The number of fused-ring (bicyclic) bond motifs is 4. The average molecular weight is 409 g/mol. The number of nitrogen functional groups attached to an aromatic ring is 1. The molecule has 2 aromatic rings. The molecule has 0 bridgehead atoms. The summed E-state index contributed by atoms with van der Waals surface area (Å²) in [6.07, 6.45) is 8.19. The predicted molar refractivity (Wildman–Crippen MR) is 119 cm³/mol. The van der Waals surface area contributed by atoms with Gasteiger partial charge in [0, 0.05) is 23.6 Å². The smallest absolute Gasteiger partial charge is 0.259 e. The van der Waals surface area contributed by atoms with E-state index in [1.165, 1.54) is 24.8 Å². The minimum absolute atomic E-state index is 0.0305. The Balaban J connectivity index is 1.75. The maximum Gasteiger partial charge on any atom is 0.259 e. The van der Waals surface area contributed by atoms with Gasteiger partial charge in [-0.15, -0.1) is 0 Å². The molecule has 1 atom stereocenters. The number of hydrazine groups is 1. The fourth-order valence-corrected chi connectivity index (χ4v) is 6.08. The molecule has 160 valence electrons. The number of anilines is 1. The molecule has 1 saturated carbocycles. The molecule has 6 nitrogen and oxygen atoms in total. The molecule has 2 heterocycles. The molecule has 2 fully saturated rings. The van der Waals surface area contributed by atoms with Crippen molar-refractivity contribution in [1.82, 2.24) is 9.55 Å². The Morgan fingerprint density at radius 1 is 1.20 bits per heavy atom. The Bertz CT molecular complexity index is 1020. The highest BCUT2D eigenvalue weighted by Crippen LogP contribution is 2.49. The molecule has 0 unspecified atom stereocenters. The van der Waals surface area contributed by atoms with E-state index in [-0.39, 0.29) is 22.6 Å². The zero-order valence-electron chi connectivity index (χ0n) is 18.0. The monoisotopic (exact) mass is 408 g/mol. The Morgan fingerprint density at radius 3 is 2.70 bits per heavy atom. The molecule has 1 saturated heterocycles. The van der Waals surface area contributed by atoms with Crippen molar-refractivity contribution >= 4 is 5.95 Å². The van der Waals surface area contributed by atoms with Crippen LogP contribution in [0.15, 0.2) is 29.1 Å². The lowest BCUT2D eigenvalue weighted by Crippen LogP contribution is -2.46. The summed E-state index contributed by atoms with van der Waals surface area (Å²) in [7, 11) is 0. The molecule has 3 N–H and O–H groups in total. The molecule has 0 radical (unpaired) electrons. The third-order valence-corrected chi connectivity index (χ3v) is 7.42. The fourth-order valence-electron chi connectivity index (χ4n) is 6.08. The van der Waals surface area contributed by atoms with Gasteiger partial charge in [-0.3, -0.25) is 14.8 Å². The van der Waals surface area contributed by atoms with E-state index in [1.54, 1.807) is 0 Å². The lowest BCUT2D eigenvalue weighted by atomic mass is 9.62. The van der Waals surface area contributed by atoms with Crippen LogP contribution in [0.1, 0.15) is 76.0 Å². The van der Waals surface area contributed by atoms with Crippen LogP contribution in [-0.2, 0) is 16.6 Å². The van der Waals surface area contributed by atoms with Crippen LogP contribution in [0, 0.1) is 0 Å². The maximum absolute atomic E-state index is 14.2. The number of aromatic nitrogens is 2. The van der Waals surface area contributed by atoms with E-state index in [1.807, 2.05) is 10.6 Å². The maximum atomic E-state index is 14.2. The van der Waals surface area contributed by atoms with Gasteiger partial charge in [-0.05, 0) is 51.5 Å². The van der Waals surface area contributed by atoms with E-state index >= 15 is 0 Å². The first-order valence-electron chi connectivity index (χ1n) is 11.3. The third kappa shape index (κ3) is 3.08. The van der Waals surface area contributed by atoms with E-state index in [9.17, 15) is 4.79 Å². The first-order chi connectivity index (χ1) is 14.4. The minimum Gasteiger partial charge on any atom is -0.375 e. The molecular weight excluding hydrogens is 376 g/mol. The molecule has 5 rings (SSSR count). The number of nitrogens with one attached hydrogen (secondary N) is 1. The topological polar surface area (TPSA) is 82.2 Å². The average Bonchev–Trinajstić information content (AvgIpc) is 2.73. The molecule has 1 spiro atoms. The second-order valence-corrected chi connectivity index (χ2v) is 9.91. The number of nitrogens with zero attached hydrogens (tertiary/aromatic N) is 2. The van der Waals surface area contributed by atoms with Gasteiger partial charge in [0.25, 0.3) is 5.56 Å². The van der Waals surface area contributed by atoms with E-state index in [0.717, 1.165) is 48.9 Å². The lowest BCUT2D eigenvalue weighted by Gasteiger charge is -2.43. The molecule has 1 aromatic heterocycles. The fraction of sp³-hybridized carbons (Fsp3) is 0.583. The standard InChI is InChI=1S/C24H32N4O2/c1-23(2)15-17(10-13-30-23)28-21(29)19-20(26-22(28)27-25)18-9-5-4-8-16(18)14-24(19)11-6-3-7-12-24/h4-5,8-9,17H,3,6-7,10-15,25H2,1-2H3,(H,26,27)/t17-/m0/s1. The molecule has 30 heavy (non-hydrogen) atoms. The van der Waals surface area contributed by atoms with Gasteiger partial charge in [0.05, 0.1) is 16.9 Å². The molecule has 6 heteroatoms. The molecule has 0 amide bonds. The zero-order valence-corrected chi connectivity index (χ0v) is 18.0.